The van der Waals surface area contributed by atoms with Crippen molar-refractivity contribution in [1.82, 2.24) is 4.90 Å². The van der Waals surface area contributed by atoms with Gasteiger partial charge in [0.05, 0.1) is 18.0 Å². The largest absolute Gasteiger partial charge is 0.387 e. The second-order valence-corrected chi connectivity index (χ2v) is 9.23. The van der Waals surface area contributed by atoms with Crippen LogP contribution in [-0.2, 0) is 16.4 Å². The number of likely N-dealkylation sites (tertiary alicyclic amines) is 1. The first-order valence-corrected chi connectivity index (χ1v) is 10.7. The number of fused-ring (bicyclic) bond motifs is 1. The fraction of sp³-hybridized carbons (Fsp3) is 0.667. The summed E-state index contributed by atoms with van der Waals surface area (Å²) in [6.45, 7) is 5.57. The second-order valence-electron chi connectivity index (χ2n) is 7.33. The molecule has 1 fully saturated rings. The predicted octanol–water partition coefficient (Wildman–Crippen LogP) is 2.16. The lowest BCUT2D eigenvalue weighted by Gasteiger charge is -2.32. The number of hydrogen-bond donors (Lipinski definition) is 1. The van der Waals surface area contributed by atoms with Gasteiger partial charge in [0.15, 0.2) is 0 Å². The molecule has 0 aromatic heterocycles. The third kappa shape index (κ3) is 3.92. The second kappa shape index (κ2) is 7.02. The van der Waals surface area contributed by atoms with Gasteiger partial charge >= 0.3 is 0 Å². The van der Waals surface area contributed by atoms with E-state index in [4.69, 9.17) is 0 Å². The van der Waals surface area contributed by atoms with Gasteiger partial charge in [-0.1, -0.05) is 19.1 Å². The summed E-state index contributed by atoms with van der Waals surface area (Å²) in [5.74, 6) is 0.782. The van der Waals surface area contributed by atoms with Crippen molar-refractivity contribution in [3.8, 4) is 0 Å². The topological polar surface area (TPSA) is 60.9 Å². The molecular weight excluding hydrogens is 324 g/mol. The molecule has 1 N–H and O–H groups in total. The van der Waals surface area contributed by atoms with E-state index in [1.54, 1.807) is 0 Å². The Morgan fingerprint density at radius 3 is 2.62 bits per heavy atom. The van der Waals surface area contributed by atoms with Gasteiger partial charge < -0.3 is 10.0 Å². The van der Waals surface area contributed by atoms with Crippen LogP contribution in [0.1, 0.15) is 43.4 Å². The molecule has 6 heteroatoms. The quantitative estimate of drug-likeness (QED) is 0.902. The van der Waals surface area contributed by atoms with Crippen molar-refractivity contribution >= 4 is 15.7 Å². The van der Waals surface area contributed by atoms with E-state index in [1.807, 2.05) is 18.2 Å². The monoisotopic (exact) mass is 352 g/mol. The number of benzene rings is 1. The third-order valence-electron chi connectivity index (χ3n) is 5.27. The molecule has 0 amide bonds. The molecular formula is C18H28N2O3S. The Hall–Kier alpha value is -1.11. The number of nitrogens with zero attached hydrogens (tertiary/aromatic N) is 2. The highest BCUT2D eigenvalue weighted by Crippen LogP contribution is 2.31. The van der Waals surface area contributed by atoms with Gasteiger partial charge in [0.1, 0.15) is 0 Å². The van der Waals surface area contributed by atoms with Crippen LogP contribution in [-0.4, -0.2) is 50.9 Å². The number of aryl methyl sites for hydroxylation is 1. The number of aliphatic hydroxyl groups is 1. The smallest absolute Gasteiger partial charge is 0.232 e. The van der Waals surface area contributed by atoms with Gasteiger partial charge in [0.25, 0.3) is 0 Å². The van der Waals surface area contributed by atoms with Crippen LogP contribution < -0.4 is 4.31 Å². The summed E-state index contributed by atoms with van der Waals surface area (Å²) in [5, 5.41) is 10.6. The first-order chi connectivity index (χ1) is 11.3. The summed E-state index contributed by atoms with van der Waals surface area (Å²) in [5.41, 5.74) is 2.68. The summed E-state index contributed by atoms with van der Waals surface area (Å²) >= 11 is 0. The van der Waals surface area contributed by atoms with Crippen LogP contribution in [0.3, 0.4) is 0 Å². The molecule has 1 unspecified atom stereocenters. The summed E-state index contributed by atoms with van der Waals surface area (Å²) in [6.07, 6.45) is 4.81. The van der Waals surface area contributed by atoms with Gasteiger partial charge in [-0.2, -0.15) is 0 Å². The molecule has 2 aliphatic rings. The van der Waals surface area contributed by atoms with Gasteiger partial charge in [-0.25, -0.2) is 8.42 Å². The molecule has 3 rings (SSSR count). The van der Waals surface area contributed by atoms with Crippen LogP contribution in [0.5, 0.6) is 0 Å². The number of rotatable bonds is 4. The lowest BCUT2D eigenvalue weighted by Crippen LogP contribution is -2.36. The zero-order valence-electron chi connectivity index (χ0n) is 14.6. The standard InChI is InChI=1S/C18H28N2O3S/c1-14-7-10-19(11-8-14)13-18(21)16-5-6-17-15(12-16)4-3-9-20(17)24(2,22)23/h5-6,12,14,18,21H,3-4,7-11,13H2,1-2H3. The third-order valence-corrected chi connectivity index (χ3v) is 6.45. The molecule has 0 radical (unpaired) electrons. The number of aliphatic hydroxyl groups excluding tert-OH is 1. The van der Waals surface area contributed by atoms with Crippen molar-refractivity contribution in [2.75, 3.05) is 36.7 Å². The molecule has 2 aliphatic heterocycles. The van der Waals surface area contributed by atoms with Crippen molar-refractivity contribution in [1.29, 1.82) is 0 Å². The molecule has 1 aromatic rings. The van der Waals surface area contributed by atoms with E-state index in [0.717, 1.165) is 48.7 Å². The molecule has 1 aromatic carbocycles. The summed E-state index contributed by atoms with van der Waals surface area (Å²) < 4.78 is 25.3. The minimum atomic E-state index is -3.24. The van der Waals surface area contributed by atoms with Crippen molar-refractivity contribution in [2.45, 2.75) is 38.7 Å². The Bertz CT molecular complexity index is 682. The lowest BCUT2D eigenvalue weighted by atomic mass is 9.96. The van der Waals surface area contributed by atoms with E-state index in [-0.39, 0.29) is 0 Å². The Morgan fingerprint density at radius 1 is 1.25 bits per heavy atom. The van der Waals surface area contributed by atoms with Gasteiger partial charge in [-0.15, -0.1) is 0 Å². The number of hydrogen-bond acceptors (Lipinski definition) is 4. The SMILES string of the molecule is CC1CCN(CC(O)c2ccc3c(c2)CCCN3S(C)(=O)=O)CC1. The van der Waals surface area contributed by atoms with Gasteiger partial charge in [0, 0.05) is 13.1 Å². The molecule has 1 saturated heterocycles. The Morgan fingerprint density at radius 2 is 1.96 bits per heavy atom. The van der Waals surface area contributed by atoms with Crippen LogP contribution in [0.2, 0.25) is 0 Å². The van der Waals surface area contributed by atoms with Crippen molar-refractivity contribution in [3.63, 3.8) is 0 Å². The lowest BCUT2D eigenvalue weighted by molar-refractivity contribution is 0.0916. The maximum atomic E-state index is 11.9. The highest BCUT2D eigenvalue weighted by atomic mass is 32.2. The Kier molecular flexibility index (Phi) is 5.18. The highest BCUT2D eigenvalue weighted by molar-refractivity contribution is 7.92. The molecule has 134 valence electrons. The molecule has 0 spiro atoms. The first kappa shape index (κ1) is 17.7. The van der Waals surface area contributed by atoms with Gasteiger partial charge in [-0.05, 0) is 61.9 Å². The number of piperidine rings is 1. The van der Waals surface area contributed by atoms with Crippen molar-refractivity contribution < 1.29 is 13.5 Å². The average molecular weight is 353 g/mol. The van der Waals surface area contributed by atoms with Gasteiger partial charge in [0.2, 0.25) is 10.0 Å². The maximum absolute atomic E-state index is 11.9. The summed E-state index contributed by atoms with van der Waals surface area (Å²) in [6, 6.07) is 5.72. The van der Waals surface area contributed by atoms with E-state index in [0.29, 0.717) is 13.1 Å². The number of anilines is 1. The zero-order valence-corrected chi connectivity index (χ0v) is 15.4. The molecule has 1 atom stereocenters. The summed E-state index contributed by atoms with van der Waals surface area (Å²) in [4.78, 5) is 2.33. The van der Waals surface area contributed by atoms with E-state index in [9.17, 15) is 13.5 Å². The number of β-amino-alcohol motifs (C(OH)–C–C–N with tert-alkyl or cyclic N) is 1. The van der Waals surface area contributed by atoms with Gasteiger partial charge in [-0.3, -0.25) is 4.31 Å². The fourth-order valence-electron chi connectivity index (χ4n) is 3.73. The Labute approximate surface area is 145 Å². The van der Waals surface area contributed by atoms with Crippen LogP contribution in [0.25, 0.3) is 0 Å². The Balaban J connectivity index is 1.73. The molecule has 0 saturated carbocycles. The van der Waals surface area contributed by atoms with E-state index >= 15 is 0 Å². The maximum Gasteiger partial charge on any atom is 0.232 e. The van der Waals surface area contributed by atoms with E-state index in [2.05, 4.69) is 11.8 Å². The fourth-order valence-corrected chi connectivity index (χ4v) is 4.73. The van der Waals surface area contributed by atoms with Crippen LogP contribution in [0.15, 0.2) is 18.2 Å². The first-order valence-electron chi connectivity index (χ1n) is 8.85. The van der Waals surface area contributed by atoms with E-state index < -0.39 is 16.1 Å². The molecule has 24 heavy (non-hydrogen) atoms. The minimum absolute atomic E-state index is 0.516. The normalized spacial score (nSPS) is 21.5. The highest BCUT2D eigenvalue weighted by Gasteiger charge is 2.25. The zero-order chi connectivity index (χ0) is 17.3. The molecule has 5 nitrogen and oxygen atoms in total. The van der Waals surface area contributed by atoms with Crippen molar-refractivity contribution in [3.05, 3.63) is 29.3 Å². The predicted molar refractivity (Wildman–Crippen MR) is 96.8 cm³/mol. The van der Waals surface area contributed by atoms with Crippen LogP contribution in [0, 0.1) is 5.92 Å². The summed E-state index contributed by atoms with van der Waals surface area (Å²) in [7, 11) is -3.24. The average Bonchev–Trinajstić information content (AvgIpc) is 2.55. The van der Waals surface area contributed by atoms with Crippen LogP contribution >= 0.6 is 0 Å². The van der Waals surface area contributed by atoms with Crippen LogP contribution in [0.4, 0.5) is 5.69 Å². The molecule has 0 aliphatic carbocycles. The molecule has 0 bridgehead atoms. The minimum Gasteiger partial charge on any atom is -0.387 e. The van der Waals surface area contributed by atoms with E-state index in [1.165, 1.54) is 23.4 Å². The van der Waals surface area contributed by atoms with Crippen molar-refractivity contribution in [2.24, 2.45) is 5.92 Å². The number of sulfonamides is 1. The molecule has 2 heterocycles.